The number of nitrogens with zero attached hydrogens (tertiary/aromatic N) is 3. The molecule has 1 aliphatic rings. The average Bonchev–Trinajstić information content (AvgIpc) is 2.36. The van der Waals surface area contributed by atoms with Gasteiger partial charge in [-0.05, 0) is 30.1 Å². The minimum Gasteiger partial charge on any atom is -0.414 e. The van der Waals surface area contributed by atoms with Crippen LogP contribution >= 0.6 is 0 Å². The van der Waals surface area contributed by atoms with E-state index >= 15 is 0 Å². The van der Waals surface area contributed by atoms with Crippen molar-refractivity contribution in [2.24, 2.45) is 5.11 Å². The van der Waals surface area contributed by atoms with E-state index in [0.29, 0.717) is 19.6 Å². The zero-order valence-electron chi connectivity index (χ0n) is 13.4. The number of hydrogen-bond donors (Lipinski definition) is 0. The van der Waals surface area contributed by atoms with Gasteiger partial charge in [0, 0.05) is 12.0 Å². The lowest BCUT2D eigenvalue weighted by Crippen LogP contribution is -2.48. The van der Waals surface area contributed by atoms with Crippen molar-refractivity contribution >= 4 is 8.32 Å². The Bertz CT molecular complexity index is 364. The predicted molar refractivity (Wildman–Crippen MR) is 81.2 cm³/mol. The molecule has 0 aromatic carbocycles. The highest BCUT2D eigenvalue weighted by molar-refractivity contribution is 6.74. The summed E-state index contributed by atoms with van der Waals surface area (Å²) in [6, 6.07) is -0.144. The van der Waals surface area contributed by atoms with Crippen molar-refractivity contribution in [3.8, 4) is 0 Å². The van der Waals surface area contributed by atoms with Gasteiger partial charge in [0.25, 0.3) is 0 Å². The lowest BCUT2D eigenvalue weighted by Gasteiger charge is -2.39. The second kappa shape index (κ2) is 6.91. The van der Waals surface area contributed by atoms with Crippen LogP contribution in [0.3, 0.4) is 0 Å². The molecule has 0 spiro atoms. The maximum atomic E-state index is 8.49. The molecule has 6 nitrogen and oxygen atoms in total. The zero-order valence-corrected chi connectivity index (χ0v) is 14.4. The van der Waals surface area contributed by atoms with E-state index in [-0.39, 0.29) is 23.3 Å². The quantitative estimate of drug-likeness (QED) is 0.337. The highest BCUT2D eigenvalue weighted by atomic mass is 28.4. The summed E-state index contributed by atoms with van der Waals surface area (Å²) in [5, 5.41) is 3.89. The Morgan fingerprint density at radius 2 is 2.05 bits per heavy atom. The Labute approximate surface area is 122 Å². The number of ether oxygens (including phenoxy) is 2. The van der Waals surface area contributed by atoms with Crippen molar-refractivity contribution in [3.63, 3.8) is 0 Å². The van der Waals surface area contributed by atoms with Crippen molar-refractivity contribution in [1.29, 1.82) is 0 Å². The van der Waals surface area contributed by atoms with Crippen LogP contribution in [0.2, 0.25) is 18.1 Å². The summed E-state index contributed by atoms with van der Waals surface area (Å²) in [6.07, 6.45) is 0.523. The van der Waals surface area contributed by atoms with E-state index in [1.54, 1.807) is 7.11 Å². The van der Waals surface area contributed by atoms with Crippen molar-refractivity contribution in [3.05, 3.63) is 10.4 Å². The van der Waals surface area contributed by atoms with Gasteiger partial charge in [0.1, 0.15) is 6.10 Å². The maximum Gasteiger partial charge on any atom is 0.192 e. The van der Waals surface area contributed by atoms with Crippen molar-refractivity contribution in [1.82, 2.24) is 0 Å². The molecule has 1 saturated heterocycles. The molecule has 0 aromatic rings. The Morgan fingerprint density at radius 1 is 1.40 bits per heavy atom. The first kappa shape index (κ1) is 17.5. The Kier molecular flexibility index (Phi) is 6.03. The van der Waals surface area contributed by atoms with Crippen LogP contribution in [0.5, 0.6) is 0 Å². The molecule has 0 radical (unpaired) electrons. The molecular weight excluding hydrogens is 274 g/mol. The Balaban J connectivity index is 2.58. The van der Waals surface area contributed by atoms with E-state index in [2.05, 4.69) is 43.9 Å². The summed E-state index contributed by atoms with van der Waals surface area (Å²) in [4.78, 5) is 2.84. The fraction of sp³-hybridized carbons (Fsp3) is 1.00. The highest BCUT2D eigenvalue weighted by Crippen LogP contribution is 2.37. The molecule has 3 atom stereocenters. The fourth-order valence-electron chi connectivity index (χ4n) is 1.89. The first-order chi connectivity index (χ1) is 9.21. The zero-order chi connectivity index (χ0) is 15.4. The van der Waals surface area contributed by atoms with Crippen LogP contribution in [0, 0.1) is 0 Å². The third-order valence-corrected chi connectivity index (χ3v) is 8.85. The van der Waals surface area contributed by atoms with Crippen LogP contribution in [-0.2, 0) is 13.9 Å². The summed E-state index contributed by atoms with van der Waals surface area (Å²) in [5.41, 5.74) is 8.49. The predicted octanol–water partition coefficient (Wildman–Crippen LogP) is 3.49. The molecule has 0 unspecified atom stereocenters. The second-order valence-electron chi connectivity index (χ2n) is 6.81. The van der Waals surface area contributed by atoms with Crippen LogP contribution in [0.15, 0.2) is 5.11 Å². The van der Waals surface area contributed by atoms with Crippen LogP contribution < -0.4 is 0 Å². The molecule has 0 amide bonds. The summed E-state index contributed by atoms with van der Waals surface area (Å²) in [7, 11) is -0.122. The van der Waals surface area contributed by atoms with Crippen LogP contribution in [0.1, 0.15) is 27.2 Å². The third-order valence-electron chi connectivity index (χ3n) is 4.35. The topological polar surface area (TPSA) is 76.5 Å². The van der Waals surface area contributed by atoms with Crippen molar-refractivity contribution in [2.45, 2.75) is 63.6 Å². The minimum absolute atomic E-state index is 0.0796. The summed E-state index contributed by atoms with van der Waals surface area (Å²) in [6.45, 7) is 12.1. The van der Waals surface area contributed by atoms with Gasteiger partial charge in [-0.25, -0.2) is 0 Å². The fourth-order valence-corrected chi connectivity index (χ4v) is 2.91. The maximum absolute atomic E-state index is 8.49. The molecule has 1 heterocycles. The first-order valence-corrected chi connectivity index (χ1v) is 9.94. The smallest absolute Gasteiger partial charge is 0.192 e. The average molecular weight is 301 g/mol. The van der Waals surface area contributed by atoms with Crippen LogP contribution in [-0.4, -0.2) is 46.9 Å². The summed E-state index contributed by atoms with van der Waals surface area (Å²) in [5.74, 6) is 0. The van der Waals surface area contributed by atoms with Crippen LogP contribution in [0.4, 0.5) is 0 Å². The number of azide groups is 1. The SMILES string of the molecule is CO[C@H]1C[C@@H](N=[N+]=[N-])CO[C@@H]1CO[Si](C)(C)C(C)(C)C. The van der Waals surface area contributed by atoms with Crippen molar-refractivity contribution < 1.29 is 13.9 Å². The van der Waals surface area contributed by atoms with E-state index in [4.69, 9.17) is 19.4 Å². The van der Waals surface area contributed by atoms with E-state index in [0.717, 1.165) is 0 Å². The van der Waals surface area contributed by atoms with Gasteiger partial charge in [0.15, 0.2) is 8.32 Å². The van der Waals surface area contributed by atoms with E-state index in [1.165, 1.54) is 0 Å². The normalized spacial score (nSPS) is 28.0. The number of hydrogen-bond acceptors (Lipinski definition) is 4. The highest BCUT2D eigenvalue weighted by Gasteiger charge is 2.39. The largest absolute Gasteiger partial charge is 0.414 e. The molecule has 0 aromatic heterocycles. The Hall–Kier alpha value is -0.593. The molecule has 116 valence electrons. The van der Waals surface area contributed by atoms with Gasteiger partial charge in [-0.2, -0.15) is 0 Å². The monoisotopic (exact) mass is 301 g/mol. The van der Waals surface area contributed by atoms with Crippen molar-refractivity contribution in [2.75, 3.05) is 20.3 Å². The Morgan fingerprint density at radius 3 is 2.55 bits per heavy atom. The second-order valence-corrected chi connectivity index (χ2v) is 11.6. The standard InChI is InChI=1S/C13H27N3O3Si/c1-13(2,3)20(5,6)19-9-12-11(17-4)7-10(8-18-12)15-16-14/h10-12H,7-9H2,1-6H3/t10-,11+,12-/m1/s1. The minimum atomic E-state index is -1.78. The molecule has 0 aliphatic carbocycles. The van der Waals surface area contributed by atoms with Crippen LogP contribution in [0.25, 0.3) is 10.4 Å². The lowest BCUT2D eigenvalue weighted by atomic mass is 10.0. The number of methoxy groups -OCH3 is 1. The molecule has 0 N–H and O–H groups in total. The molecular formula is C13H27N3O3Si. The lowest BCUT2D eigenvalue weighted by molar-refractivity contribution is -0.113. The molecule has 0 saturated carbocycles. The summed E-state index contributed by atoms with van der Waals surface area (Å²) >= 11 is 0. The third kappa shape index (κ3) is 4.46. The molecule has 20 heavy (non-hydrogen) atoms. The summed E-state index contributed by atoms with van der Waals surface area (Å²) < 4.78 is 17.4. The van der Waals surface area contributed by atoms with Gasteiger partial charge in [-0.3, -0.25) is 0 Å². The van der Waals surface area contributed by atoms with Gasteiger partial charge in [0.05, 0.1) is 25.4 Å². The first-order valence-electron chi connectivity index (χ1n) is 7.04. The molecule has 7 heteroatoms. The van der Waals surface area contributed by atoms with Gasteiger partial charge in [0.2, 0.25) is 0 Å². The number of rotatable bonds is 5. The van der Waals surface area contributed by atoms with Gasteiger partial charge >= 0.3 is 0 Å². The molecule has 0 bridgehead atoms. The van der Waals surface area contributed by atoms with Gasteiger partial charge in [-0.1, -0.05) is 25.9 Å². The van der Waals surface area contributed by atoms with Gasteiger partial charge < -0.3 is 13.9 Å². The molecule has 1 aliphatic heterocycles. The molecule has 1 fully saturated rings. The van der Waals surface area contributed by atoms with E-state index in [1.807, 2.05) is 0 Å². The van der Waals surface area contributed by atoms with Gasteiger partial charge in [-0.15, -0.1) is 0 Å². The van der Waals surface area contributed by atoms with E-state index < -0.39 is 8.32 Å². The van der Waals surface area contributed by atoms with E-state index in [9.17, 15) is 0 Å². The molecule has 1 rings (SSSR count).